The van der Waals surface area contributed by atoms with Crippen LogP contribution in [-0.2, 0) is 21.3 Å². The highest BCUT2D eigenvalue weighted by atomic mass is 32.2. The number of thiophene rings is 1. The minimum Gasteiger partial charge on any atom is -0.381 e. The van der Waals surface area contributed by atoms with E-state index in [9.17, 15) is 17.2 Å². The molecule has 1 saturated heterocycles. The normalized spacial score (nSPS) is 16.6. The number of sulfonamides is 1. The molecule has 0 atom stereocenters. The molecular weight excluding hydrogens is 356 g/mol. The number of benzene rings is 1. The highest BCUT2D eigenvalue weighted by molar-refractivity contribution is 7.89. The Labute approximate surface area is 143 Å². The second-order valence-corrected chi connectivity index (χ2v) is 8.50. The summed E-state index contributed by atoms with van der Waals surface area (Å²) >= 11 is 1.45. The van der Waals surface area contributed by atoms with E-state index in [4.69, 9.17) is 4.74 Å². The van der Waals surface area contributed by atoms with Crippen LogP contribution in [0.3, 0.4) is 0 Å². The van der Waals surface area contributed by atoms with Gasteiger partial charge in [-0.05, 0) is 36.4 Å². The molecule has 0 N–H and O–H groups in total. The lowest BCUT2D eigenvalue weighted by Gasteiger charge is -2.33. The van der Waals surface area contributed by atoms with Crippen molar-refractivity contribution in [1.82, 2.24) is 4.31 Å². The van der Waals surface area contributed by atoms with Gasteiger partial charge in [-0.15, -0.1) is 11.3 Å². The van der Waals surface area contributed by atoms with E-state index in [1.165, 1.54) is 15.6 Å². The van der Waals surface area contributed by atoms with E-state index >= 15 is 0 Å². The molecule has 0 saturated carbocycles. The highest BCUT2D eigenvalue weighted by Crippen LogP contribution is 2.27. The lowest BCUT2D eigenvalue weighted by Crippen LogP contribution is -2.42. The number of halogens is 2. The molecular formula is C16H17F2NO3S2. The summed E-state index contributed by atoms with van der Waals surface area (Å²) in [6.45, 7) is 1.13. The molecule has 1 aliphatic heterocycles. The van der Waals surface area contributed by atoms with E-state index < -0.39 is 21.7 Å². The Hall–Kier alpha value is -1.35. The van der Waals surface area contributed by atoms with Crippen molar-refractivity contribution in [3.63, 3.8) is 0 Å². The van der Waals surface area contributed by atoms with Crippen LogP contribution in [0.25, 0.3) is 0 Å². The zero-order chi connectivity index (χ0) is 17.2. The second-order valence-electron chi connectivity index (χ2n) is 5.58. The van der Waals surface area contributed by atoms with Crippen LogP contribution >= 0.6 is 11.3 Å². The molecule has 0 bridgehead atoms. The lowest BCUT2D eigenvalue weighted by molar-refractivity contribution is 0.0571. The quantitative estimate of drug-likeness (QED) is 0.807. The molecule has 2 aromatic rings. The maximum atomic E-state index is 13.5. The van der Waals surface area contributed by atoms with Crippen LogP contribution in [0.5, 0.6) is 0 Å². The summed E-state index contributed by atoms with van der Waals surface area (Å²) < 4.78 is 59.7. The van der Waals surface area contributed by atoms with E-state index in [1.807, 2.05) is 17.5 Å². The third-order valence-corrected chi connectivity index (χ3v) is 6.67. The number of ether oxygens (including phenoxy) is 1. The largest absolute Gasteiger partial charge is 0.381 e. The van der Waals surface area contributed by atoms with Crippen LogP contribution in [0.2, 0.25) is 0 Å². The van der Waals surface area contributed by atoms with E-state index in [0.717, 1.165) is 17.0 Å². The lowest BCUT2D eigenvalue weighted by atomic mass is 10.1. The van der Waals surface area contributed by atoms with Gasteiger partial charge in [-0.2, -0.15) is 4.31 Å². The highest BCUT2D eigenvalue weighted by Gasteiger charge is 2.33. The molecule has 0 aliphatic carbocycles. The van der Waals surface area contributed by atoms with E-state index in [2.05, 4.69) is 0 Å². The predicted molar refractivity (Wildman–Crippen MR) is 87.2 cm³/mol. The number of nitrogens with zero attached hydrogens (tertiary/aromatic N) is 1. The molecule has 0 spiro atoms. The fourth-order valence-electron chi connectivity index (χ4n) is 2.75. The fourth-order valence-corrected chi connectivity index (χ4v) is 5.24. The van der Waals surface area contributed by atoms with Gasteiger partial charge in [-0.3, -0.25) is 0 Å². The zero-order valence-electron chi connectivity index (χ0n) is 12.8. The van der Waals surface area contributed by atoms with Gasteiger partial charge in [0.2, 0.25) is 10.0 Å². The SMILES string of the molecule is O=S(=O)(c1cc(F)cc(F)c1)N(Cc1cccs1)C1CCOCC1. The van der Waals surface area contributed by atoms with Crippen LogP contribution < -0.4 is 0 Å². The fraction of sp³-hybridized carbons (Fsp3) is 0.375. The maximum absolute atomic E-state index is 13.5. The topological polar surface area (TPSA) is 46.6 Å². The van der Waals surface area contributed by atoms with E-state index in [0.29, 0.717) is 32.1 Å². The van der Waals surface area contributed by atoms with Crippen LogP contribution in [0.4, 0.5) is 8.78 Å². The van der Waals surface area contributed by atoms with Crippen molar-refractivity contribution in [2.45, 2.75) is 30.3 Å². The van der Waals surface area contributed by atoms with Gasteiger partial charge in [-0.1, -0.05) is 6.07 Å². The summed E-state index contributed by atoms with van der Waals surface area (Å²) in [5.74, 6) is -1.81. The summed E-state index contributed by atoms with van der Waals surface area (Å²) in [6, 6.07) is 5.82. The molecule has 24 heavy (non-hydrogen) atoms. The molecule has 4 nitrogen and oxygen atoms in total. The van der Waals surface area contributed by atoms with Crippen molar-refractivity contribution >= 4 is 21.4 Å². The smallest absolute Gasteiger partial charge is 0.243 e. The molecule has 0 amide bonds. The first-order valence-corrected chi connectivity index (χ1v) is 9.87. The molecule has 8 heteroatoms. The Kier molecular flexibility index (Phi) is 5.29. The molecule has 3 rings (SSSR count). The van der Waals surface area contributed by atoms with E-state index in [1.54, 1.807) is 0 Å². The van der Waals surface area contributed by atoms with Crippen molar-refractivity contribution in [3.05, 3.63) is 52.2 Å². The van der Waals surface area contributed by atoms with E-state index in [-0.39, 0.29) is 17.5 Å². The van der Waals surface area contributed by atoms with Gasteiger partial charge in [0.15, 0.2) is 0 Å². The zero-order valence-corrected chi connectivity index (χ0v) is 14.5. The first-order chi connectivity index (χ1) is 11.5. The number of hydrogen-bond donors (Lipinski definition) is 0. The first kappa shape index (κ1) is 17.5. The van der Waals surface area contributed by atoms with Gasteiger partial charge in [0, 0.05) is 36.7 Å². The third-order valence-electron chi connectivity index (χ3n) is 3.93. The maximum Gasteiger partial charge on any atom is 0.243 e. The molecule has 0 radical (unpaired) electrons. The summed E-state index contributed by atoms with van der Waals surface area (Å²) in [6.07, 6.45) is 1.12. The van der Waals surface area contributed by atoms with Gasteiger partial charge in [0.05, 0.1) is 4.90 Å². The van der Waals surface area contributed by atoms with Crippen LogP contribution in [0, 0.1) is 11.6 Å². The number of rotatable bonds is 5. The monoisotopic (exact) mass is 373 g/mol. The van der Waals surface area contributed by atoms with Gasteiger partial charge in [-0.25, -0.2) is 17.2 Å². The van der Waals surface area contributed by atoms with Crippen molar-refractivity contribution in [3.8, 4) is 0 Å². The first-order valence-electron chi connectivity index (χ1n) is 7.55. The molecule has 1 aliphatic rings. The molecule has 1 fully saturated rings. The van der Waals surface area contributed by atoms with Gasteiger partial charge in [0.1, 0.15) is 11.6 Å². The summed E-state index contributed by atoms with van der Waals surface area (Å²) in [5.41, 5.74) is 0. The average molecular weight is 373 g/mol. The van der Waals surface area contributed by atoms with Gasteiger partial charge < -0.3 is 4.74 Å². The predicted octanol–water partition coefficient (Wildman–Crippen LogP) is 3.40. The minimum atomic E-state index is -4.02. The Balaban J connectivity index is 1.98. The summed E-state index contributed by atoms with van der Waals surface area (Å²) in [4.78, 5) is 0.519. The standard InChI is InChI=1S/C16H17F2NO3S2/c17-12-8-13(18)10-16(9-12)24(20,21)19(11-15-2-1-7-23-15)14-3-5-22-6-4-14/h1-2,7-10,14H,3-6,11H2. The van der Waals surface area contributed by atoms with Crippen molar-refractivity contribution in [1.29, 1.82) is 0 Å². The van der Waals surface area contributed by atoms with Crippen LogP contribution in [-0.4, -0.2) is 32.0 Å². The summed E-state index contributed by atoms with van der Waals surface area (Å²) in [5, 5.41) is 1.87. The Morgan fingerprint density at radius 2 is 1.83 bits per heavy atom. The Morgan fingerprint density at radius 3 is 2.42 bits per heavy atom. The van der Waals surface area contributed by atoms with Gasteiger partial charge >= 0.3 is 0 Å². The van der Waals surface area contributed by atoms with Crippen molar-refractivity contribution in [2.75, 3.05) is 13.2 Å². The molecule has 2 heterocycles. The Morgan fingerprint density at radius 1 is 1.17 bits per heavy atom. The summed E-state index contributed by atoms with van der Waals surface area (Å²) in [7, 11) is -4.02. The molecule has 1 aromatic carbocycles. The minimum absolute atomic E-state index is 0.183. The Bertz CT molecular complexity index is 767. The third kappa shape index (κ3) is 3.83. The average Bonchev–Trinajstić information content (AvgIpc) is 3.05. The van der Waals surface area contributed by atoms with Gasteiger partial charge in [0.25, 0.3) is 0 Å². The van der Waals surface area contributed by atoms with Crippen LogP contribution in [0.1, 0.15) is 17.7 Å². The van der Waals surface area contributed by atoms with Crippen molar-refractivity contribution < 1.29 is 21.9 Å². The molecule has 130 valence electrons. The second kappa shape index (κ2) is 7.26. The van der Waals surface area contributed by atoms with Crippen molar-refractivity contribution in [2.24, 2.45) is 0 Å². The molecule has 0 unspecified atom stereocenters. The number of hydrogen-bond acceptors (Lipinski definition) is 4. The molecule has 1 aromatic heterocycles. The van der Waals surface area contributed by atoms with Crippen LogP contribution in [0.15, 0.2) is 40.6 Å².